The van der Waals surface area contributed by atoms with E-state index in [1.807, 2.05) is 42.5 Å². The van der Waals surface area contributed by atoms with Crippen molar-refractivity contribution in [2.45, 2.75) is 25.3 Å². The Morgan fingerprint density at radius 2 is 1.97 bits per heavy atom. The zero-order chi connectivity index (χ0) is 23.3. The minimum absolute atomic E-state index is 0.0892. The number of hydrogen-bond donors (Lipinski definition) is 3. The van der Waals surface area contributed by atoms with Gasteiger partial charge in [-0.2, -0.15) is 8.42 Å². The largest absolute Gasteiger partial charge is 0.455 e. The number of aromatic nitrogens is 4. The standard InChI is InChI=1S/C23H22N6O4S/c24-34(30,31)32-11-13-8-9-14(10-13)27-22-19-23(26-12-25-22)29-21(28-19)17-6-3-5-16-15-4-1-2-7-18(15)33-20(16)17/h1-7,12-14H,8-11H2,(H2,24,30,31)(H2,25,26,27,28,29)/t13-,14?/m0/s1. The number of furan rings is 1. The molecule has 0 radical (unpaired) electrons. The Hall–Kier alpha value is -3.54. The van der Waals surface area contributed by atoms with Crippen LogP contribution in [0.3, 0.4) is 0 Å². The van der Waals surface area contributed by atoms with Gasteiger partial charge in [-0.3, -0.25) is 4.18 Å². The maximum absolute atomic E-state index is 11.1. The summed E-state index contributed by atoms with van der Waals surface area (Å²) in [7, 11) is -3.93. The highest BCUT2D eigenvalue weighted by Crippen LogP contribution is 2.36. The number of anilines is 1. The molecule has 3 aromatic heterocycles. The third kappa shape index (κ3) is 3.87. The minimum Gasteiger partial charge on any atom is -0.455 e. The Balaban J connectivity index is 1.30. The number of para-hydroxylation sites is 2. The van der Waals surface area contributed by atoms with Crippen LogP contribution in [0.4, 0.5) is 5.82 Å². The van der Waals surface area contributed by atoms with Crippen LogP contribution in [0.2, 0.25) is 0 Å². The first-order valence-electron chi connectivity index (χ1n) is 11.0. The first-order valence-corrected chi connectivity index (χ1v) is 12.5. The molecule has 1 aliphatic carbocycles. The fourth-order valence-electron chi connectivity index (χ4n) is 4.74. The molecular weight excluding hydrogens is 456 g/mol. The molecule has 3 heterocycles. The molecular formula is C23H22N6O4S. The topological polar surface area (TPSA) is 149 Å². The number of benzene rings is 2. The average Bonchev–Trinajstić information content (AvgIpc) is 3.54. The molecule has 0 saturated heterocycles. The van der Waals surface area contributed by atoms with Gasteiger partial charge in [0.2, 0.25) is 0 Å². The molecule has 0 spiro atoms. The Morgan fingerprint density at radius 3 is 2.85 bits per heavy atom. The van der Waals surface area contributed by atoms with E-state index in [4.69, 9.17) is 18.7 Å². The molecule has 6 rings (SSSR count). The molecule has 0 bridgehead atoms. The SMILES string of the molecule is NS(=O)(=O)OC[C@H]1CCC(Nc2ncnc3nc(-c4cccc5c4oc4ccccc45)[nH]c23)C1. The number of nitrogens with one attached hydrogen (secondary N) is 2. The van der Waals surface area contributed by atoms with Crippen molar-refractivity contribution in [1.82, 2.24) is 19.9 Å². The molecule has 11 heteroatoms. The van der Waals surface area contributed by atoms with Crippen molar-refractivity contribution in [1.29, 1.82) is 0 Å². The summed E-state index contributed by atoms with van der Waals surface area (Å²) in [6, 6.07) is 14.1. The first-order chi connectivity index (χ1) is 16.4. The van der Waals surface area contributed by atoms with Crippen LogP contribution in [-0.2, 0) is 14.5 Å². The van der Waals surface area contributed by atoms with Gasteiger partial charge in [-0.15, -0.1) is 0 Å². The van der Waals surface area contributed by atoms with Gasteiger partial charge in [-0.25, -0.2) is 20.1 Å². The second kappa shape index (κ2) is 8.05. The quantitative estimate of drug-likeness (QED) is 0.334. The molecule has 1 fully saturated rings. The summed E-state index contributed by atoms with van der Waals surface area (Å²) in [5.41, 5.74) is 3.69. The molecule has 1 saturated carbocycles. The lowest BCUT2D eigenvalue weighted by Crippen LogP contribution is -2.21. The maximum Gasteiger partial charge on any atom is 0.333 e. The Bertz CT molecular complexity index is 1630. The van der Waals surface area contributed by atoms with Gasteiger partial charge in [0.15, 0.2) is 11.5 Å². The van der Waals surface area contributed by atoms with E-state index in [1.54, 1.807) is 0 Å². The van der Waals surface area contributed by atoms with Gasteiger partial charge in [-0.1, -0.05) is 30.3 Å². The zero-order valence-electron chi connectivity index (χ0n) is 18.1. The van der Waals surface area contributed by atoms with Crippen molar-refractivity contribution >= 4 is 49.2 Å². The number of nitrogens with two attached hydrogens (primary N) is 1. The van der Waals surface area contributed by atoms with E-state index in [1.165, 1.54) is 6.33 Å². The van der Waals surface area contributed by atoms with E-state index in [0.29, 0.717) is 22.8 Å². The fraction of sp³-hybridized carbons (Fsp3) is 0.261. The van der Waals surface area contributed by atoms with Crippen LogP contribution in [0, 0.1) is 5.92 Å². The molecule has 5 aromatic rings. The number of aromatic amines is 1. The normalized spacial score (nSPS) is 18.9. The molecule has 0 aliphatic heterocycles. The predicted octanol–water partition coefficient (Wildman–Crippen LogP) is 3.72. The number of H-pyrrole nitrogens is 1. The Morgan fingerprint density at radius 1 is 1.12 bits per heavy atom. The van der Waals surface area contributed by atoms with Crippen LogP contribution in [-0.4, -0.2) is 41.0 Å². The number of nitrogens with zero attached hydrogens (tertiary/aromatic N) is 3. The van der Waals surface area contributed by atoms with Crippen LogP contribution in [0.5, 0.6) is 0 Å². The third-order valence-electron chi connectivity index (χ3n) is 6.30. The summed E-state index contributed by atoms with van der Waals surface area (Å²) in [6.45, 7) is 0.0892. The van der Waals surface area contributed by atoms with Crippen molar-refractivity contribution in [2.75, 3.05) is 11.9 Å². The first kappa shape index (κ1) is 21.0. The lowest BCUT2D eigenvalue weighted by Gasteiger charge is -2.14. The number of imidazole rings is 1. The van der Waals surface area contributed by atoms with Gasteiger partial charge >= 0.3 is 10.3 Å². The van der Waals surface area contributed by atoms with Gasteiger partial charge in [-0.05, 0) is 37.3 Å². The maximum atomic E-state index is 11.1. The molecule has 2 atom stereocenters. The minimum atomic E-state index is -3.93. The lowest BCUT2D eigenvalue weighted by molar-refractivity contribution is 0.256. The van der Waals surface area contributed by atoms with Crippen molar-refractivity contribution in [3.8, 4) is 11.4 Å². The Labute approximate surface area is 194 Å². The highest BCUT2D eigenvalue weighted by Gasteiger charge is 2.27. The van der Waals surface area contributed by atoms with E-state index in [-0.39, 0.29) is 18.6 Å². The van der Waals surface area contributed by atoms with Gasteiger partial charge in [0.1, 0.15) is 28.8 Å². The summed E-state index contributed by atoms with van der Waals surface area (Å²) in [4.78, 5) is 16.8. The van der Waals surface area contributed by atoms with Crippen molar-refractivity contribution in [2.24, 2.45) is 11.1 Å². The second-order valence-corrected chi connectivity index (χ2v) is 9.81. The van der Waals surface area contributed by atoms with Crippen LogP contribution in [0.25, 0.3) is 44.5 Å². The smallest absolute Gasteiger partial charge is 0.333 e. The molecule has 174 valence electrons. The summed E-state index contributed by atoms with van der Waals surface area (Å²) < 4.78 is 33.0. The van der Waals surface area contributed by atoms with E-state index >= 15 is 0 Å². The van der Waals surface area contributed by atoms with Crippen LogP contribution in [0.1, 0.15) is 19.3 Å². The third-order valence-corrected chi connectivity index (χ3v) is 6.76. The van der Waals surface area contributed by atoms with Crippen molar-refractivity contribution in [3.63, 3.8) is 0 Å². The number of rotatable bonds is 6. The fourth-order valence-corrected chi connectivity index (χ4v) is 5.12. The van der Waals surface area contributed by atoms with E-state index in [9.17, 15) is 8.42 Å². The summed E-state index contributed by atoms with van der Waals surface area (Å²) in [6.07, 6.45) is 3.93. The van der Waals surface area contributed by atoms with Crippen molar-refractivity contribution in [3.05, 3.63) is 48.8 Å². The predicted molar refractivity (Wildman–Crippen MR) is 128 cm³/mol. The lowest BCUT2D eigenvalue weighted by atomic mass is 10.1. The number of hydrogen-bond acceptors (Lipinski definition) is 8. The van der Waals surface area contributed by atoms with Gasteiger partial charge in [0.25, 0.3) is 0 Å². The molecule has 0 amide bonds. The molecule has 2 aromatic carbocycles. The highest BCUT2D eigenvalue weighted by atomic mass is 32.2. The van der Waals surface area contributed by atoms with Crippen molar-refractivity contribution < 1.29 is 17.0 Å². The summed E-state index contributed by atoms with van der Waals surface area (Å²) in [5.74, 6) is 1.41. The average molecular weight is 479 g/mol. The summed E-state index contributed by atoms with van der Waals surface area (Å²) in [5, 5.41) is 10.5. The molecule has 34 heavy (non-hydrogen) atoms. The van der Waals surface area contributed by atoms with E-state index in [2.05, 4.69) is 20.3 Å². The molecule has 4 N–H and O–H groups in total. The van der Waals surface area contributed by atoms with E-state index < -0.39 is 10.3 Å². The second-order valence-electron chi connectivity index (χ2n) is 8.58. The Kier molecular flexibility index (Phi) is 4.97. The molecule has 10 nitrogen and oxygen atoms in total. The summed E-state index contributed by atoms with van der Waals surface area (Å²) >= 11 is 0. The zero-order valence-corrected chi connectivity index (χ0v) is 18.9. The monoisotopic (exact) mass is 478 g/mol. The van der Waals surface area contributed by atoms with E-state index in [0.717, 1.165) is 46.8 Å². The molecule has 1 unspecified atom stereocenters. The highest BCUT2D eigenvalue weighted by molar-refractivity contribution is 7.84. The molecule has 1 aliphatic rings. The van der Waals surface area contributed by atoms with Crippen LogP contribution < -0.4 is 10.5 Å². The van der Waals surface area contributed by atoms with Gasteiger partial charge < -0.3 is 14.7 Å². The van der Waals surface area contributed by atoms with Gasteiger partial charge in [0, 0.05) is 16.8 Å². The number of fused-ring (bicyclic) bond motifs is 4. The van der Waals surface area contributed by atoms with Crippen LogP contribution >= 0.6 is 0 Å². The van der Waals surface area contributed by atoms with Crippen LogP contribution in [0.15, 0.2) is 53.2 Å². The van der Waals surface area contributed by atoms with Gasteiger partial charge in [0.05, 0.1) is 12.2 Å².